The Morgan fingerprint density at radius 3 is 2.69 bits per heavy atom. The molecule has 0 atom stereocenters. The first-order valence-corrected chi connectivity index (χ1v) is 4.66. The first kappa shape index (κ1) is 8.91. The van der Waals surface area contributed by atoms with Gasteiger partial charge in [-0.1, -0.05) is 11.6 Å². The molecule has 0 unspecified atom stereocenters. The van der Waals surface area contributed by atoms with Gasteiger partial charge in [0.15, 0.2) is 0 Å². The van der Waals surface area contributed by atoms with E-state index < -0.39 is 5.24 Å². The van der Waals surface area contributed by atoms with E-state index in [1.807, 2.05) is 0 Å². The van der Waals surface area contributed by atoms with Crippen LogP contribution in [-0.2, 0) is 0 Å². The lowest BCUT2D eigenvalue weighted by Crippen LogP contribution is -2.00. The average molecular weight is 217 g/mol. The Bertz CT molecular complexity index is 363. The standard InChI is InChI=1S/C8H6Cl2N2O/c9-6-3-5(7(10)13)11-8(12-6)4-1-2-4/h3-4H,1-2H2. The predicted molar refractivity (Wildman–Crippen MR) is 49.2 cm³/mol. The topological polar surface area (TPSA) is 42.9 Å². The first-order chi connectivity index (χ1) is 6.16. The Balaban J connectivity index is 2.41. The van der Waals surface area contributed by atoms with E-state index >= 15 is 0 Å². The van der Waals surface area contributed by atoms with Crippen LogP contribution in [0.25, 0.3) is 0 Å². The van der Waals surface area contributed by atoms with Crippen LogP contribution in [0.4, 0.5) is 0 Å². The van der Waals surface area contributed by atoms with E-state index in [1.165, 1.54) is 6.07 Å². The maximum absolute atomic E-state index is 10.8. The molecule has 1 fully saturated rings. The Morgan fingerprint density at radius 1 is 1.46 bits per heavy atom. The molecule has 5 heteroatoms. The molecule has 68 valence electrons. The highest BCUT2D eigenvalue weighted by molar-refractivity contribution is 6.67. The highest BCUT2D eigenvalue weighted by Crippen LogP contribution is 2.38. The van der Waals surface area contributed by atoms with Gasteiger partial charge in [-0.3, -0.25) is 4.79 Å². The van der Waals surface area contributed by atoms with Gasteiger partial charge in [0, 0.05) is 12.0 Å². The van der Waals surface area contributed by atoms with Crippen molar-refractivity contribution < 1.29 is 4.79 Å². The highest BCUT2D eigenvalue weighted by atomic mass is 35.5. The highest BCUT2D eigenvalue weighted by Gasteiger charge is 2.27. The molecule has 0 saturated heterocycles. The van der Waals surface area contributed by atoms with Gasteiger partial charge in [-0.2, -0.15) is 0 Å². The van der Waals surface area contributed by atoms with Gasteiger partial charge in [0.2, 0.25) is 0 Å². The molecule has 3 nitrogen and oxygen atoms in total. The smallest absolute Gasteiger partial charge is 0.271 e. The summed E-state index contributed by atoms with van der Waals surface area (Å²) in [7, 11) is 0. The second kappa shape index (κ2) is 3.24. The Hall–Kier alpha value is -0.670. The molecule has 1 aromatic rings. The van der Waals surface area contributed by atoms with Crippen molar-refractivity contribution in [1.82, 2.24) is 9.97 Å². The molecule has 1 aliphatic carbocycles. The number of hydrogen-bond donors (Lipinski definition) is 0. The van der Waals surface area contributed by atoms with E-state index in [9.17, 15) is 4.79 Å². The molecular weight excluding hydrogens is 211 g/mol. The number of rotatable bonds is 2. The molecule has 1 saturated carbocycles. The van der Waals surface area contributed by atoms with Crippen LogP contribution >= 0.6 is 23.2 Å². The lowest BCUT2D eigenvalue weighted by molar-refractivity contribution is 0.107. The molecule has 2 rings (SSSR count). The zero-order valence-electron chi connectivity index (χ0n) is 6.63. The largest absolute Gasteiger partial charge is 0.274 e. The van der Waals surface area contributed by atoms with Gasteiger partial charge in [0.25, 0.3) is 5.24 Å². The number of carbonyl (C=O) groups is 1. The third kappa shape index (κ3) is 1.98. The first-order valence-electron chi connectivity index (χ1n) is 3.91. The van der Waals surface area contributed by atoms with Crippen LogP contribution in [0.1, 0.15) is 35.1 Å². The summed E-state index contributed by atoms with van der Waals surface area (Å²) < 4.78 is 0. The van der Waals surface area contributed by atoms with Crippen molar-refractivity contribution >= 4 is 28.4 Å². The van der Waals surface area contributed by atoms with Crippen molar-refractivity contribution in [3.05, 3.63) is 22.7 Å². The second-order valence-electron chi connectivity index (χ2n) is 2.98. The summed E-state index contributed by atoms with van der Waals surface area (Å²) in [5.41, 5.74) is 0.184. The fourth-order valence-corrected chi connectivity index (χ4v) is 1.35. The number of hydrogen-bond acceptors (Lipinski definition) is 3. The van der Waals surface area contributed by atoms with E-state index in [0.29, 0.717) is 11.7 Å². The fourth-order valence-electron chi connectivity index (χ4n) is 1.06. The van der Waals surface area contributed by atoms with Gasteiger partial charge in [-0.15, -0.1) is 0 Å². The van der Waals surface area contributed by atoms with Crippen molar-refractivity contribution in [2.75, 3.05) is 0 Å². The van der Waals surface area contributed by atoms with Crippen LogP contribution in [-0.4, -0.2) is 15.2 Å². The van der Waals surface area contributed by atoms with Crippen LogP contribution < -0.4 is 0 Å². The van der Waals surface area contributed by atoms with Crippen LogP contribution in [0.2, 0.25) is 5.15 Å². The molecule has 1 aliphatic rings. The number of carbonyl (C=O) groups excluding carboxylic acids is 1. The Labute approximate surface area is 85.1 Å². The summed E-state index contributed by atoms with van der Waals surface area (Å²) in [6, 6.07) is 1.38. The summed E-state index contributed by atoms with van der Waals surface area (Å²) in [6.07, 6.45) is 2.13. The van der Waals surface area contributed by atoms with E-state index in [1.54, 1.807) is 0 Å². The molecule has 0 bridgehead atoms. The zero-order valence-corrected chi connectivity index (χ0v) is 8.14. The van der Waals surface area contributed by atoms with E-state index in [0.717, 1.165) is 12.8 Å². The predicted octanol–water partition coefficient (Wildman–Crippen LogP) is 2.39. The van der Waals surface area contributed by atoms with Gasteiger partial charge in [-0.05, 0) is 24.4 Å². The van der Waals surface area contributed by atoms with Gasteiger partial charge in [-0.25, -0.2) is 9.97 Å². The maximum Gasteiger partial charge on any atom is 0.271 e. The van der Waals surface area contributed by atoms with Gasteiger partial charge >= 0.3 is 0 Å². The summed E-state index contributed by atoms with van der Waals surface area (Å²) >= 11 is 11.0. The monoisotopic (exact) mass is 216 g/mol. The molecule has 1 aromatic heterocycles. The number of nitrogens with zero attached hydrogens (tertiary/aromatic N) is 2. The van der Waals surface area contributed by atoms with E-state index in [2.05, 4.69) is 9.97 Å². The fraction of sp³-hybridized carbons (Fsp3) is 0.375. The van der Waals surface area contributed by atoms with Crippen molar-refractivity contribution in [3.8, 4) is 0 Å². The van der Waals surface area contributed by atoms with E-state index in [4.69, 9.17) is 23.2 Å². The quantitative estimate of drug-likeness (QED) is 0.564. The summed E-state index contributed by atoms with van der Waals surface area (Å²) in [6.45, 7) is 0. The van der Waals surface area contributed by atoms with Crippen LogP contribution in [0.3, 0.4) is 0 Å². The summed E-state index contributed by atoms with van der Waals surface area (Å²) in [4.78, 5) is 18.8. The molecule has 13 heavy (non-hydrogen) atoms. The number of aromatic nitrogens is 2. The third-order valence-corrected chi connectivity index (χ3v) is 2.24. The van der Waals surface area contributed by atoms with Gasteiger partial charge < -0.3 is 0 Å². The van der Waals surface area contributed by atoms with Gasteiger partial charge in [0.05, 0.1) is 0 Å². The van der Waals surface area contributed by atoms with Crippen molar-refractivity contribution in [1.29, 1.82) is 0 Å². The maximum atomic E-state index is 10.8. The van der Waals surface area contributed by atoms with E-state index in [-0.39, 0.29) is 10.8 Å². The lowest BCUT2D eigenvalue weighted by Gasteiger charge is -1.99. The van der Waals surface area contributed by atoms with Crippen LogP contribution in [0.5, 0.6) is 0 Å². The Kier molecular flexibility index (Phi) is 2.22. The molecule has 0 radical (unpaired) electrons. The van der Waals surface area contributed by atoms with Crippen molar-refractivity contribution in [2.45, 2.75) is 18.8 Å². The minimum Gasteiger partial charge on any atom is -0.274 e. The minimum absolute atomic E-state index is 0.184. The van der Waals surface area contributed by atoms with Crippen molar-refractivity contribution in [3.63, 3.8) is 0 Å². The normalized spacial score (nSPS) is 15.8. The molecule has 0 aromatic carbocycles. The Morgan fingerprint density at radius 2 is 2.15 bits per heavy atom. The molecule has 0 spiro atoms. The zero-order chi connectivity index (χ0) is 9.42. The van der Waals surface area contributed by atoms with Crippen molar-refractivity contribution in [2.24, 2.45) is 0 Å². The van der Waals surface area contributed by atoms with Gasteiger partial charge in [0.1, 0.15) is 16.7 Å². The molecule has 1 heterocycles. The van der Waals surface area contributed by atoms with Crippen LogP contribution in [0.15, 0.2) is 6.07 Å². The third-order valence-electron chi connectivity index (χ3n) is 1.86. The lowest BCUT2D eigenvalue weighted by atomic mass is 10.3. The molecule has 0 amide bonds. The summed E-state index contributed by atoms with van der Waals surface area (Å²) in [5, 5.41) is -0.313. The second-order valence-corrected chi connectivity index (χ2v) is 3.71. The SMILES string of the molecule is O=C(Cl)c1cc(Cl)nc(C2CC2)n1. The molecule has 0 N–H and O–H groups in total. The molecular formula is C8H6Cl2N2O. The minimum atomic E-state index is -0.591. The average Bonchev–Trinajstić information content (AvgIpc) is 2.85. The van der Waals surface area contributed by atoms with Crippen LogP contribution in [0, 0.1) is 0 Å². The summed E-state index contributed by atoms with van der Waals surface area (Å²) in [5.74, 6) is 1.00. The number of halogens is 2. The molecule has 0 aliphatic heterocycles.